The molecule has 0 unspecified atom stereocenters. The third kappa shape index (κ3) is 2.81. The van der Waals surface area contributed by atoms with Gasteiger partial charge in [0, 0.05) is 5.56 Å². The Morgan fingerprint density at radius 1 is 1.09 bits per heavy atom. The van der Waals surface area contributed by atoms with Gasteiger partial charge in [0.1, 0.15) is 5.82 Å². The minimum absolute atomic E-state index is 0.166. The number of aryl methyl sites for hydroxylation is 2. The SMILES string of the molecule is Cc1ccc(C2=N/C(=C/c3cccc(F)c3)C(=O)O2)cc1C. The molecule has 0 radical (unpaired) electrons. The quantitative estimate of drug-likeness (QED) is 0.624. The second-order valence-corrected chi connectivity index (χ2v) is 5.19. The van der Waals surface area contributed by atoms with Crippen LogP contribution in [0.1, 0.15) is 22.3 Å². The molecule has 0 N–H and O–H groups in total. The summed E-state index contributed by atoms with van der Waals surface area (Å²) in [6, 6.07) is 11.7. The molecule has 110 valence electrons. The van der Waals surface area contributed by atoms with E-state index in [0.29, 0.717) is 5.56 Å². The Morgan fingerprint density at radius 2 is 1.91 bits per heavy atom. The number of hydrogen-bond acceptors (Lipinski definition) is 3. The highest BCUT2D eigenvalue weighted by molar-refractivity contribution is 6.12. The van der Waals surface area contributed by atoms with Crippen molar-refractivity contribution in [2.75, 3.05) is 0 Å². The van der Waals surface area contributed by atoms with Crippen molar-refractivity contribution in [2.24, 2.45) is 4.99 Å². The molecule has 2 aromatic carbocycles. The Kier molecular flexibility index (Phi) is 3.59. The normalized spacial score (nSPS) is 15.9. The summed E-state index contributed by atoms with van der Waals surface area (Å²) in [7, 11) is 0. The molecule has 3 rings (SSSR count). The Labute approximate surface area is 127 Å². The molecule has 0 spiro atoms. The van der Waals surface area contributed by atoms with E-state index in [0.717, 1.165) is 16.7 Å². The summed E-state index contributed by atoms with van der Waals surface area (Å²) < 4.78 is 18.4. The van der Waals surface area contributed by atoms with Crippen LogP contribution in [0.25, 0.3) is 6.08 Å². The molecule has 1 heterocycles. The van der Waals surface area contributed by atoms with Crippen LogP contribution in [0, 0.1) is 19.7 Å². The molecule has 3 nitrogen and oxygen atoms in total. The van der Waals surface area contributed by atoms with Crippen LogP contribution in [0.3, 0.4) is 0 Å². The lowest BCUT2D eigenvalue weighted by molar-refractivity contribution is -0.129. The molecule has 1 aliphatic heterocycles. The zero-order valence-corrected chi connectivity index (χ0v) is 12.3. The fraction of sp³-hybridized carbons (Fsp3) is 0.111. The molecule has 0 amide bonds. The zero-order chi connectivity index (χ0) is 15.7. The van der Waals surface area contributed by atoms with E-state index in [1.807, 2.05) is 32.0 Å². The number of hydrogen-bond donors (Lipinski definition) is 0. The summed E-state index contributed by atoms with van der Waals surface area (Å²) in [5.41, 5.74) is 3.73. The van der Waals surface area contributed by atoms with E-state index in [9.17, 15) is 9.18 Å². The first-order valence-electron chi connectivity index (χ1n) is 6.89. The van der Waals surface area contributed by atoms with Crippen LogP contribution in [0.5, 0.6) is 0 Å². The van der Waals surface area contributed by atoms with Crippen LogP contribution < -0.4 is 0 Å². The average molecular weight is 295 g/mol. The van der Waals surface area contributed by atoms with Gasteiger partial charge in [0.15, 0.2) is 5.70 Å². The van der Waals surface area contributed by atoms with E-state index in [-0.39, 0.29) is 17.4 Å². The number of ether oxygens (including phenoxy) is 1. The van der Waals surface area contributed by atoms with Gasteiger partial charge < -0.3 is 4.74 Å². The lowest BCUT2D eigenvalue weighted by atomic mass is 10.1. The number of cyclic esters (lactones) is 1. The van der Waals surface area contributed by atoms with Gasteiger partial charge in [0.05, 0.1) is 0 Å². The molecule has 0 saturated carbocycles. The van der Waals surface area contributed by atoms with Crippen molar-refractivity contribution in [1.29, 1.82) is 0 Å². The standard InChI is InChI=1S/C18H14FNO2/c1-11-6-7-14(8-12(11)2)17-20-16(18(21)22-17)10-13-4-3-5-15(19)9-13/h3-10H,1-2H3/b16-10+. The number of carbonyl (C=O) groups is 1. The van der Waals surface area contributed by atoms with Crippen molar-refractivity contribution < 1.29 is 13.9 Å². The second-order valence-electron chi connectivity index (χ2n) is 5.19. The van der Waals surface area contributed by atoms with Gasteiger partial charge in [-0.2, -0.15) is 0 Å². The number of halogens is 1. The summed E-state index contributed by atoms with van der Waals surface area (Å²) in [6.45, 7) is 4.00. The first kappa shape index (κ1) is 14.2. The van der Waals surface area contributed by atoms with E-state index in [1.165, 1.54) is 18.2 Å². The lowest BCUT2D eigenvalue weighted by Crippen LogP contribution is -2.05. The third-order valence-corrected chi connectivity index (χ3v) is 3.53. The third-order valence-electron chi connectivity index (χ3n) is 3.53. The molecule has 0 atom stereocenters. The van der Waals surface area contributed by atoms with Gasteiger partial charge in [0.2, 0.25) is 5.90 Å². The summed E-state index contributed by atoms with van der Waals surface area (Å²) in [5, 5.41) is 0. The Morgan fingerprint density at radius 3 is 2.64 bits per heavy atom. The number of carbonyl (C=O) groups excluding carboxylic acids is 1. The summed E-state index contributed by atoms with van der Waals surface area (Å²) in [6.07, 6.45) is 1.51. The number of nitrogens with zero attached hydrogens (tertiary/aromatic N) is 1. The smallest absolute Gasteiger partial charge is 0.363 e. The van der Waals surface area contributed by atoms with Crippen molar-refractivity contribution in [1.82, 2.24) is 0 Å². The fourth-order valence-electron chi connectivity index (χ4n) is 2.16. The van der Waals surface area contributed by atoms with Gasteiger partial charge >= 0.3 is 5.97 Å². The van der Waals surface area contributed by atoms with E-state index in [2.05, 4.69) is 4.99 Å². The van der Waals surface area contributed by atoms with E-state index in [4.69, 9.17) is 4.74 Å². The van der Waals surface area contributed by atoms with Crippen LogP contribution in [0.4, 0.5) is 4.39 Å². The predicted octanol–water partition coefficient (Wildman–Crippen LogP) is 3.79. The molecule has 2 aromatic rings. The maximum absolute atomic E-state index is 13.2. The lowest BCUT2D eigenvalue weighted by Gasteiger charge is -2.03. The summed E-state index contributed by atoms with van der Waals surface area (Å²) >= 11 is 0. The van der Waals surface area contributed by atoms with Crippen molar-refractivity contribution in [3.8, 4) is 0 Å². The van der Waals surface area contributed by atoms with Gasteiger partial charge in [0.25, 0.3) is 0 Å². The molecular formula is C18H14FNO2. The minimum Gasteiger partial charge on any atom is -0.402 e. The van der Waals surface area contributed by atoms with Crippen LogP contribution in [-0.4, -0.2) is 11.9 Å². The topological polar surface area (TPSA) is 38.7 Å². The maximum atomic E-state index is 13.2. The van der Waals surface area contributed by atoms with Crippen molar-refractivity contribution >= 4 is 17.9 Å². The minimum atomic E-state index is -0.530. The van der Waals surface area contributed by atoms with Crippen LogP contribution in [0.15, 0.2) is 53.2 Å². The van der Waals surface area contributed by atoms with Gasteiger partial charge in [-0.1, -0.05) is 18.2 Å². The number of benzene rings is 2. The Hall–Kier alpha value is -2.75. The molecule has 22 heavy (non-hydrogen) atoms. The maximum Gasteiger partial charge on any atom is 0.363 e. The second kappa shape index (κ2) is 5.56. The first-order chi connectivity index (χ1) is 10.5. The number of rotatable bonds is 2. The number of aliphatic imine (C=N–C) groups is 1. The molecule has 0 saturated heterocycles. The van der Waals surface area contributed by atoms with Gasteiger partial charge in [-0.05, 0) is 60.9 Å². The van der Waals surface area contributed by atoms with Crippen molar-refractivity contribution in [2.45, 2.75) is 13.8 Å². The highest BCUT2D eigenvalue weighted by atomic mass is 19.1. The highest BCUT2D eigenvalue weighted by Gasteiger charge is 2.24. The summed E-state index contributed by atoms with van der Waals surface area (Å²) in [5.74, 6) is -0.618. The predicted molar refractivity (Wildman–Crippen MR) is 82.9 cm³/mol. The van der Waals surface area contributed by atoms with Gasteiger partial charge in [-0.15, -0.1) is 0 Å². The fourth-order valence-corrected chi connectivity index (χ4v) is 2.16. The zero-order valence-electron chi connectivity index (χ0n) is 12.3. The van der Waals surface area contributed by atoms with Crippen LogP contribution in [0.2, 0.25) is 0 Å². The highest BCUT2D eigenvalue weighted by Crippen LogP contribution is 2.20. The molecule has 0 bridgehead atoms. The van der Waals surface area contributed by atoms with Gasteiger partial charge in [-0.3, -0.25) is 0 Å². The van der Waals surface area contributed by atoms with Crippen molar-refractivity contribution in [3.05, 3.63) is 76.2 Å². The largest absolute Gasteiger partial charge is 0.402 e. The van der Waals surface area contributed by atoms with Crippen molar-refractivity contribution in [3.63, 3.8) is 0 Å². The monoisotopic (exact) mass is 295 g/mol. The molecule has 4 heteroatoms. The number of esters is 1. The average Bonchev–Trinajstić information content (AvgIpc) is 2.83. The van der Waals surface area contributed by atoms with E-state index >= 15 is 0 Å². The molecule has 0 aromatic heterocycles. The molecular weight excluding hydrogens is 281 g/mol. The van der Waals surface area contributed by atoms with Crippen LogP contribution in [-0.2, 0) is 9.53 Å². The Bertz CT molecular complexity index is 822. The summed E-state index contributed by atoms with van der Waals surface area (Å²) in [4.78, 5) is 16.1. The molecule has 0 fully saturated rings. The van der Waals surface area contributed by atoms with E-state index in [1.54, 1.807) is 12.1 Å². The first-order valence-corrected chi connectivity index (χ1v) is 6.89. The van der Waals surface area contributed by atoms with E-state index < -0.39 is 5.97 Å². The Balaban J connectivity index is 1.96. The molecule has 0 aliphatic carbocycles. The molecule has 1 aliphatic rings. The van der Waals surface area contributed by atoms with Crippen LogP contribution >= 0.6 is 0 Å². The van der Waals surface area contributed by atoms with Gasteiger partial charge in [-0.25, -0.2) is 14.2 Å².